The number of phenolic OH excluding ortho intramolecular Hbond substituents is 2. The Morgan fingerprint density at radius 3 is 1.34 bits per heavy atom. The van der Waals surface area contributed by atoms with E-state index >= 15 is 0 Å². The standard InChI is InChI=1S/C17H14ClN3O3.C16H14ClN3O2.C10H8ClN3O3.C6H6BClO3/c1-23-17(22)15-10-21(20-19-15)13-7-8-14(18)16(9-13)24-11-12-5-3-2-4-6-12;17-15-7-6-14(20-9-13(10-21)18-19-20)8-16(15)22-11-12-4-2-1-3-5-12;1-17-10(16)8-5-14(13-12-8)6-2-3-7(11)9(15)4-6;8-5-2-1-4(7(10)11)3-6(5)9/h2-10H,11H2,1H3;1-9,21H,10-11H2;2-5,15H,1H3;1-3,9-11H. The highest BCUT2D eigenvalue weighted by molar-refractivity contribution is 6.58. The molecule has 74 heavy (non-hydrogen) atoms. The summed E-state index contributed by atoms with van der Waals surface area (Å²) in [5, 5.41) is 69.1. The number of hydrogen-bond acceptors (Lipinski definition) is 17. The van der Waals surface area contributed by atoms with Crippen molar-refractivity contribution >= 4 is 70.9 Å². The monoisotopic (exact) mass is 1080 g/mol. The van der Waals surface area contributed by atoms with Crippen molar-refractivity contribution in [3.63, 3.8) is 0 Å². The Morgan fingerprint density at radius 1 is 0.527 bits per heavy atom. The molecule has 0 bridgehead atoms. The van der Waals surface area contributed by atoms with Crippen molar-refractivity contribution in [2.45, 2.75) is 19.8 Å². The van der Waals surface area contributed by atoms with Crippen LogP contribution in [0.2, 0.25) is 20.1 Å². The Bertz CT molecular complexity index is 3280. The molecule has 0 aliphatic carbocycles. The fourth-order valence-electron chi connectivity index (χ4n) is 5.97. The average molecular weight is 1090 g/mol. The van der Waals surface area contributed by atoms with E-state index in [1.807, 2.05) is 66.7 Å². The zero-order chi connectivity index (χ0) is 53.1. The molecule has 9 aromatic rings. The van der Waals surface area contributed by atoms with Gasteiger partial charge >= 0.3 is 19.1 Å². The molecule has 0 saturated heterocycles. The minimum Gasteiger partial charge on any atom is -0.506 e. The number of rotatable bonds is 13. The van der Waals surface area contributed by atoms with E-state index in [9.17, 15) is 14.7 Å². The molecule has 0 atom stereocenters. The Kier molecular flexibility index (Phi) is 20.3. The van der Waals surface area contributed by atoms with Crippen molar-refractivity contribution < 1.29 is 53.9 Å². The number of methoxy groups -OCH3 is 2. The van der Waals surface area contributed by atoms with Crippen molar-refractivity contribution in [3.05, 3.63) is 200 Å². The highest BCUT2D eigenvalue weighted by Gasteiger charge is 2.15. The largest absolute Gasteiger partial charge is 0.506 e. The van der Waals surface area contributed by atoms with E-state index < -0.39 is 19.1 Å². The number of aliphatic hydroxyl groups is 1. The van der Waals surface area contributed by atoms with Crippen LogP contribution in [0.1, 0.15) is 37.8 Å². The fourth-order valence-corrected chi connectivity index (χ4v) is 6.55. The third kappa shape index (κ3) is 15.7. The Morgan fingerprint density at radius 2 is 0.932 bits per heavy atom. The third-order valence-electron chi connectivity index (χ3n) is 9.77. The second-order valence-electron chi connectivity index (χ2n) is 14.9. The van der Waals surface area contributed by atoms with Gasteiger partial charge in [-0.05, 0) is 65.1 Å². The number of halogens is 4. The number of phenols is 2. The smallest absolute Gasteiger partial charge is 0.488 e. The molecule has 380 valence electrons. The molecule has 20 nitrogen and oxygen atoms in total. The molecule has 0 radical (unpaired) electrons. The molecule has 0 amide bonds. The van der Waals surface area contributed by atoms with Crippen LogP contribution in [0.4, 0.5) is 0 Å². The highest BCUT2D eigenvalue weighted by atomic mass is 35.5. The molecule has 0 aliphatic heterocycles. The topological polar surface area (TPSA) is 264 Å². The maximum Gasteiger partial charge on any atom is 0.488 e. The fraction of sp³-hybridized carbons (Fsp3) is 0.102. The number of benzene rings is 6. The number of hydrogen-bond donors (Lipinski definition) is 5. The normalized spacial score (nSPS) is 10.3. The van der Waals surface area contributed by atoms with Crippen LogP contribution in [0.3, 0.4) is 0 Å². The average Bonchev–Trinajstić information content (AvgIpc) is 4.24. The first-order chi connectivity index (χ1) is 35.6. The Hall–Kier alpha value is -8.02. The maximum atomic E-state index is 11.5. The van der Waals surface area contributed by atoms with Gasteiger partial charge in [-0.3, -0.25) is 0 Å². The maximum absolute atomic E-state index is 11.5. The van der Waals surface area contributed by atoms with Crippen LogP contribution in [0.15, 0.2) is 152 Å². The second-order valence-corrected chi connectivity index (χ2v) is 16.5. The molecule has 3 aromatic heterocycles. The minimum atomic E-state index is -1.57. The zero-order valence-electron chi connectivity index (χ0n) is 38.9. The first-order valence-corrected chi connectivity index (χ1v) is 23.0. The molecule has 6 aromatic carbocycles. The van der Waals surface area contributed by atoms with E-state index in [1.165, 1.54) is 66.3 Å². The molecule has 0 fully saturated rings. The van der Waals surface area contributed by atoms with E-state index in [0.29, 0.717) is 51.8 Å². The van der Waals surface area contributed by atoms with Crippen LogP contribution >= 0.6 is 46.4 Å². The second kappa shape index (κ2) is 27.2. The number of aliphatic hydroxyl groups excluding tert-OH is 1. The van der Waals surface area contributed by atoms with Gasteiger partial charge in [0.2, 0.25) is 0 Å². The predicted octanol–water partition coefficient (Wildman–Crippen LogP) is 7.42. The number of carbonyl (C=O) groups excluding carboxylic acids is 2. The number of ether oxygens (including phenoxy) is 4. The van der Waals surface area contributed by atoms with Gasteiger partial charge in [-0.2, -0.15) is 0 Å². The predicted molar refractivity (Wildman–Crippen MR) is 274 cm³/mol. The van der Waals surface area contributed by atoms with Crippen molar-refractivity contribution in [2.75, 3.05) is 14.2 Å². The van der Waals surface area contributed by atoms with E-state index in [-0.39, 0.29) is 45.0 Å². The summed E-state index contributed by atoms with van der Waals surface area (Å²) in [5.41, 5.74) is 4.99. The zero-order valence-corrected chi connectivity index (χ0v) is 41.9. The van der Waals surface area contributed by atoms with Crippen LogP contribution in [-0.2, 0) is 29.3 Å². The van der Waals surface area contributed by atoms with Gasteiger partial charge in [-0.25, -0.2) is 23.6 Å². The molecular formula is C49H42BCl4N9O11. The minimum absolute atomic E-state index is 0.0701. The van der Waals surface area contributed by atoms with Gasteiger partial charge in [0.1, 0.15) is 41.9 Å². The van der Waals surface area contributed by atoms with Gasteiger partial charge in [0.25, 0.3) is 0 Å². The molecule has 3 heterocycles. The summed E-state index contributed by atoms with van der Waals surface area (Å²) in [6, 6.07) is 38.8. The van der Waals surface area contributed by atoms with E-state index in [0.717, 1.165) is 16.8 Å². The lowest BCUT2D eigenvalue weighted by Gasteiger charge is -2.10. The molecular weight excluding hydrogens is 1040 g/mol. The Balaban J connectivity index is 0.000000166. The van der Waals surface area contributed by atoms with Crippen molar-refractivity contribution in [1.82, 2.24) is 45.0 Å². The van der Waals surface area contributed by atoms with Gasteiger partial charge in [-0.1, -0.05) is 129 Å². The van der Waals surface area contributed by atoms with Gasteiger partial charge in [-0.15, -0.1) is 15.3 Å². The van der Waals surface area contributed by atoms with Crippen molar-refractivity contribution in [2.24, 2.45) is 0 Å². The molecule has 9 rings (SSSR count). The quantitative estimate of drug-likeness (QED) is 0.0555. The van der Waals surface area contributed by atoms with Gasteiger partial charge in [0.05, 0.1) is 76.6 Å². The van der Waals surface area contributed by atoms with E-state index in [2.05, 4.69) is 40.4 Å². The van der Waals surface area contributed by atoms with Gasteiger partial charge < -0.3 is 44.3 Å². The lowest BCUT2D eigenvalue weighted by atomic mass is 9.80. The van der Waals surface area contributed by atoms with Crippen LogP contribution in [0.5, 0.6) is 23.0 Å². The number of nitrogens with zero attached hydrogens (tertiary/aromatic N) is 9. The van der Waals surface area contributed by atoms with Crippen LogP contribution < -0.4 is 14.9 Å². The molecule has 0 unspecified atom stereocenters. The lowest BCUT2D eigenvalue weighted by Crippen LogP contribution is -2.29. The molecule has 25 heteroatoms. The number of carbonyl (C=O) groups is 2. The molecule has 0 saturated carbocycles. The third-order valence-corrected chi connectivity index (χ3v) is 11.0. The van der Waals surface area contributed by atoms with Gasteiger partial charge in [0.15, 0.2) is 11.4 Å². The molecule has 0 spiro atoms. The number of aromatic hydroxyl groups is 2. The number of esters is 2. The summed E-state index contributed by atoms with van der Waals surface area (Å²) in [6.07, 6.45) is 4.54. The lowest BCUT2D eigenvalue weighted by molar-refractivity contribution is 0.0585. The first kappa shape index (κ1) is 55.3. The van der Waals surface area contributed by atoms with E-state index in [4.69, 9.17) is 76.1 Å². The van der Waals surface area contributed by atoms with Crippen molar-refractivity contribution in [1.29, 1.82) is 0 Å². The van der Waals surface area contributed by atoms with Gasteiger partial charge in [0, 0.05) is 18.2 Å². The molecule has 0 aliphatic rings. The van der Waals surface area contributed by atoms with Crippen LogP contribution in [0.25, 0.3) is 17.1 Å². The highest BCUT2D eigenvalue weighted by Crippen LogP contribution is 2.30. The van der Waals surface area contributed by atoms with Crippen LogP contribution in [-0.4, -0.2) is 104 Å². The van der Waals surface area contributed by atoms with E-state index in [1.54, 1.807) is 47.3 Å². The van der Waals surface area contributed by atoms with Crippen LogP contribution in [0, 0.1) is 0 Å². The summed E-state index contributed by atoms with van der Waals surface area (Å²) in [7, 11) is 0.979. The van der Waals surface area contributed by atoms with Crippen molar-refractivity contribution in [3.8, 4) is 40.1 Å². The summed E-state index contributed by atoms with van der Waals surface area (Å²) in [5.74, 6) is -0.251. The SMILES string of the molecule is COC(=O)c1cn(-c2ccc(Cl)c(O)c2)nn1.COC(=O)c1cn(-c2ccc(Cl)c(OCc3ccccc3)c2)nn1.OB(O)c1ccc(Cl)c(O)c1.OCc1cn(-c2ccc(Cl)c(OCc3ccccc3)c2)nn1. The summed E-state index contributed by atoms with van der Waals surface area (Å²) in [6.45, 7) is 0.684. The summed E-state index contributed by atoms with van der Waals surface area (Å²) in [4.78, 5) is 22.6. The molecule has 5 N–H and O–H groups in total. The number of aromatic nitrogens is 9. The Labute approximate surface area is 442 Å². The summed E-state index contributed by atoms with van der Waals surface area (Å²) >= 11 is 23.5. The summed E-state index contributed by atoms with van der Waals surface area (Å²) < 4.78 is 25.0. The first-order valence-electron chi connectivity index (χ1n) is 21.5.